The first-order valence-corrected chi connectivity index (χ1v) is 7.23. The van der Waals surface area contributed by atoms with Crippen molar-refractivity contribution in [1.82, 2.24) is 25.0 Å². The van der Waals surface area contributed by atoms with Crippen molar-refractivity contribution >= 4 is 5.91 Å². The molecule has 0 bridgehead atoms. The van der Waals surface area contributed by atoms with Crippen molar-refractivity contribution in [3.05, 3.63) is 12.2 Å². The second-order valence-electron chi connectivity index (χ2n) is 5.52. The molecule has 0 aromatic carbocycles. The van der Waals surface area contributed by atoms with E-state index in [1.165, 1.54) is 6.33 Å². The monoisotopic (exact) mass is 279 g/mol. The lowest BCUT2D eigenvalue weighted by molar-refractivity contribution is -0.134. The molecule has 1 unspecified atom stereocenters. The summed E-state index contributed by atoms with van der Waals surface area (Å²) in [6.07, 6.45) is 3.19. The molecule has 20 heavy (non-hydrogen) atoms. The molecular formula is C13H21N5O2. The average Bonchev–Trinajstić information content (AvgIpc) is 3.13. The quantitative estimate of drug-likeness (QED) is 0.831. The van der Waals surface area contributed by atoms with Crippen LogP contribution in [0, 0.1) is 5.92 Å². The van der Waals surface area contributed by atoms with E-state index in [1.54, 1.807) is 0 Å². The van der Waals surface area contributed by atoms with Crippen molar-refractivity contribution in [2.75, 3.05) is 39.4 Å². The third kappa shape index (κ3) is 3.34. The maximum atomic E-state index is 12.2. The number of amides is 1. The van der Waals surface area contributed by atoms with Gasteiger partial charge in [0.2, 0.25) is 5.91 Å². The number of nitrogens with zero attached hydrogens (tertiary/aromatic N) is 4. The number of rotatable bonds is 4. The van der Waals surface area contributed by atoms with Gasteiger partial charge in [-0.05, 0) is 12.3 Å². The zero-order valence-electron chi connectivity index (χ0n) is 11.6. The Kier molecular flexibility index (Phi) is 4.27. The molecule has 110 valence electrons. The SMILES string of the molecule is O=C(CC1CCOC1)N1CCN(Cc2ncn[nH]2)CC1. The van der Waals surface area contributed by atoms with Crippen molar-refractivity contribution in [3.63, 3.8) is 0 Å². The zero-order valence-corrected chi connectivity index (χ0v) is 11.6. The summed E-state index contributed by atoms with van der Waals surface area (Å²) in [6.45, 7) is 5.74. The summed E-state index contributed by atoms with van der Waals surface area (Å²) in [4.78, 5) is 20.6. The number of H-pyrrole nitrogens is 1. The Morgan fingerprint density at radius 3 is 2.90 bits per heavy atom. The van der Waals surface area contributed by atoms with Crippen LogP contribution in [-0.4, -0.2) is 70.3 Å². The van der Waals surface area contributed by atoms with Crippen LogP contribution in [0.4, 0.5) is 0 Å². The van der Waals surface area contributed by atoms with E-state index in [9.17, 15) is 4.79 Å². The highest BCUT2D eigenvalue weighted by atomic mass is 16.5. The molecule has 1 amide bonds. The number of hydrogen-bond acceptors (Lipinski definition) is 5. The molecule has 0 aliphatic carbocycles. The second kappa shape index (κ2) is 6.32. The van der Waals surface area contributed by atoms with E-state index >= 15 is 0 Å². The van der Waals surface area contributed by atoms with Gasteiger partial charge in [0.05, 0.1) is 6.54 Å². The number of aromatic amines is 1. The highest BCUT2D eigenvalue weighted by Gasteiger charge is 2.25. The molecule has 1 aromatic rings. The Hall–Kier alpha value is -1.47. The molecule has 2 saturated heterocycles. The molecule has 1 atom stereocenters. The first-order valence-electron chi connectivity index (χ1n) is 7.23. The standard InChI is InChI=1S/C13H21N5O2/c19-13(7-11-1-6-20-9-11)18-4-2-17(3-5-18)8-12-14-10-15-16-12/h10-11H,1-9H2,(H,14,15,16). The molecule has 2 aliphatic rings. The number of piperazine rings is 1. The van der Waals surface area contributed by atoms with E-state index in [1.807, 2.05) is 4.90 Å². The lowest BCUT2D eigenvalue weighted by Gasteiger charge is -2.34. The molecule has 2 aliphatic heterocycles. The number of aromatic nitrogens is 3. The van der Waals surface area contributed by atoms with Crippen LogP contribution in [0.15, 0.2) is 6.33 Å². The first kappa shape index (κ1) is 13.5. The number of carbonyl (C=O) groups excluding carboxylic acids is 1. The van der Waals surface area contributed by atoms with E-state index < -0.39 is 0 Å². The number of carbonyl (C=O) groups is 1. The second-order valence-corrected chi connectivity index (χ2v) is 5.52. The maximum absolute atomic E-state index is 12.2. The van der Waals surface area contributed by atoms with E-state index in [4.69, 9.17) is 4.74 Å². The van der Waals surface area contributed by atoms with Crippen molar-refractivity contribution in [1.29, 1.82) is 0 Å². The fraction of sp³-hybridized carbons (Fsp3) is 0.769. The van der Waals surface area contributed by atoms with Gasteiger partial charge >= 0.3 is 0 Å². The molecule has 1 N–H and O–H groups in total. The van der Waals surface area contributed by atoms with Crippen molar-refractivity contribution in [2.45, 2.75) is 19.4 Å². The van der Waals surface area contributed by atoms with Crippen LogP contribution in [0.3, 0.4) is 0 Å². The Bertz CT molecular complexity index is 422. The summed E-state index contributed by atoms with van der Waals surface area (Å²) in [5, 5.41) is 6.72. The minimum absolute atomic E-state index is 0.278. The van der Waals surface area contributed by atoms with Crippen LogP contribution in [0.2, 0.25) is 0 Å². The smallest absolute Gasteiger partial charge is 0.223 e. The average molecular weight is 279 g/mol. The molecule has 7 nitrogen and oxygen atoms in total. The first-order chi connectivity index (χ1) is 9.81. The number of ether oxygens (including phenoxy) is 1. The van der Waals surface area contributed by atoms with Crippen LogP contribution in [0.5, 0.6) is 0 Å². The summed E-state index contributed by atoms with van der Waals surface area (Å²) in [7, 11) is 0. The van der Waals surface area contributed by atoms with Gasteiger partial charge in [0.15, 0.2) is 0 Å². The van der Waals surface area contributed by atoms with Gasteiger partial charge in [-0.25, -0.2) is 4.98 Å². The van der Waals surface area contributed by atoms with Gasteiger partial charge in [-0.3, -0.25) is 14.8 Å². The predicted octanol–water partition coefficient (Wildman–Crippen LogP) is -0.124. The molecule has 7 heteroatoms. The van der Waals surface area contributed by atoms with Crippen LogP contribution in [-0.2, 0) is 16.1 Å². The van der Waals surface area contributed by atoms with E-state index in [0.29, 0.717) is 12.3 Å². The molecule has 2 fully saturated rings. The fourth-order valence-electron chi connectivity index (χ4n) is 2.79. The molecule has 1 aromatic heterocycles. The summed E-state index contributed by atoms with van der Waals surface area (Å²) in [5.74, 6) is 1.59. The normalized spacial score (nSPS) is 24.2. The van der Waals surface area contributed by atoms with Gasteiger partial charge in [-0.1, -0.05) is 0 Å². The van der Waals surface area contributed by atoms with Gasteiger partial charge in [-0.2, -0.15) is 5.10 Å². The zero-order chi connectivity index (χ0) is 13.8. The Morgan fingerprint density at radius 2 is 2.25 bits per heavy atom. The lowest BCUT2D eigenvalue weighted by Crippen LogP contribution is -2.48. The van der Waals surface area contributed by atoms with Gasteiger partial charge in [0.1, 0.15) is 12.2 Å². The highest BCUT2D eigenvalue weighted by Crippen LogP contribution is 2.18. The number of nitrogens with one attached hydrogen (secondary N) is 1. The van der Waals surface area contributed by atoms with E-state index in [0.717, 1.165) is 58.2 Å². The van der Waals surface area contributed by atoms with Gasteiger partial charge in [0.25, 0.3) is 0 Å². The summed E-state index contributed by atoms with van der Waals surface area (Å²) in [5.41, 5.74) is 0. The Morgan fingerprint density at radius 1 is 1.40 bits per heavy atom. The summed E-state index contributed by atoms with van der Waals surface area (Å²) in [6, 6.07) is 0. The maximum Gasteiger partial charge on any atom is 0.223 e. The van der Waals surface area contributed by atoms with E-state index in [-0.39, 0.29) is 5.91 Å². The van der Waals surface area contributed by atoms with Gasteiger partial charge in [-0.15, -0.1) is 0 Å². The van der Waals surface area contributed by atoms with Crippen LogP contribution in [0.1, 0.15) is 18.7 Å². The topological polar surface area (TPSA) is 74.3 Å². The predicted molar refractivity (Wildman–Crippen MR) is 71.8 cm³/mol. The molecule has 3 heterocycles. The highest BCUT2D eigenvalue weighted by molar-refractivity contribution is 5.76. The minimum atomic E-state index is 0.278. The third-order valence-electron chi connectivity index (χ3n) is 4.05. The Labute approximate surface area is 118 Å². The molecule has 3 rings (SSSR count). The molecular weight excluding hydrogens is 258 g/mol. The number of hydrogen-bond donors (Lipinski definition) is 1. The third-order valence-corrected chi connectivity index (χ3v) is 4.05. The van der Waals surface area contributed by atoms with E-state index in [2.05, 4.69) is 20.1 Å². The van der Waals surface area contributed by atoms with Crippen molar-refractivity contribution in [3.8, 4) is 0 Å². The lowest BCUT2D eigenvalue weighted by atomic mass is 10.0. The minimum Gasteiger partial charge on any atom is -0.381 e. The van der Waals surface area contributed by atoms with Crippen LogP contribution < -0.4 is 0 Å². The largest absolute Gasteiger partial charge is 0.381 e. The fourth-order valence-corrected chi connectivity index (χ4v) is 2.79. The van der Waals surface area contributed by atoms with Gasteiger partial charge < -0.3 is 9.64 Å². The molecule has 0 radical (unpaired) electrons. The van der Waals surface area contributed by atoms with Crippen molar-refractivity contribution in [2.24, 2.45) is 5.92 Å². The van der Waals surface area contributed by atoms with Crippen molar-refractivity contribution < 1.29 is 9.53 Å². The summed E-state index contributed by atoms with van der Waals surface area (Å²) >= 11 is 0. The summed E-state index contributed by atoms with van der Waals surface area (Å²) < 4.78 is 5.33. The Balaban J connectivity index is 1.42. The molecule has 0 spiro atoms. The van der Waals surface area contributed by atoms with Crippen LogP contribution >= 0.6 is 0 Å². The van der Waals surface area contributed by atoms with Crippen LogP contribution in [0.25, 0.3) is 0 Å². The molecule has 0 saturated carbocycles. The van der Waals surface area contributed by atoms with Gasteiger partial charge in [0, 0.05) is 45.8 Å².